The smallest absolute Gasteiger partial charge is 0.201 e. The summed E-state index contributed by atoms with van der Waals surface area (Å²) in [4.78, 5) is 0. The highest BCUT2D eigenvalue weighted by molar-refractivity contribution is 5.71. The molecule has 228 valence electrons. The molecule has 1 aliphatic heterocycles. The van der Waals surface area contributed by atoms with E-state index in [4.69, 9.17) is 14.2 Å². The van der Waals surface area contributed by atoms with E-state index in [-0.39, 0.29) is 29.3 Å². The highest BCUT2D eigenvalue weighted by Gasteiger charge is 2.24. The Morgan fingerprint density at radius 1 is 0.667 bits per heavy atom. The average Bonchev–Trinajstić information content (AvgIpc) is 3.01. The summed E-state index contributed by atoms with van der Waals surface area (Å²) >= 11 is 0. The third-order valence-corrected chi connectivity index (χ3v) is 8.03. The van der Waals surface area contributed by atoms with Crippen molar-refractivity contribution in [2.24, 2.45) is 0 Å². The topological polar surface area (TPSA) is 27.7 Å². The Balaban J connectivity index is 1.33. The fraction of sp³-hybridized carbons (Fsp3) is 0.500. The standard InChI is InChI=1S/C36H45F3O3/c1-3-5-7-9-11-13-34-41-24-29(25-42-34)28-18-19-30(32(37)23-28)26-14-16-27(17-15-26)31-20-21-33(36(39)35(31)38)40-22-12-10-8-6-4-2/h14-21,23,29,34H,3-13,22,24-25H2,1-2H3. The molecule has 0 bridgehead atoms. The second kappa shape index (κ2) is 16.7. The molecule has 0 aromatic heterocycles. The third-order valence-electron chi connectivity index (χ3n) is 8.03. The zero-order chi connectivity index (χ0) is 29.7. The molecule has 1 aliphatic rings. The number of unbranched alkanes of at least 4 members (excludes halogenated alkanes) is 8. The van der Waals surface area contributed by atoms with E-state index in [0.29, 0.717) is 36.5 Å². The zero-order valence-electron chi connectivity index (χ0n) is 25.1. The maximum Gasteiger partial charge on any atom is 0.201 e. The molecular formula is C36H45F3O3. The van der Waals surface area contributed by atoms with Crippen LogP contribution in [0.2, 0.25) is 0 Å². The number of hydrogen-bond acceptors (Lipinski definition) is 3. The van der Waals surface area contributed by atoms with Crippen LogP contribution in [0, 0.1) is 17.5 Å². The minimum atomic E-state index is -0.985. The van der Waals surface area contributed by atoms with Crippen LogP contribution >= 0.6 is 0 Å². The molecule has 1 heterocycles. The predicted octanol–water partition coefficient (Wildman–Crippen LogP) is 10.6. The van der Waals surface area contributed by atoms with E-state index < -0.39 is 11.6 Å². The molecular weight excluding hydrogens is 537 g/mol. The molecule has 4 rings (SSSR count). The van der Waals surface area contributed by atoms with Gasteiger partial charge in [-0.05, 0) is 54.2 Å². The van der Waals surface area contributed by atoms with Crippen LogP contribution in [0.25, 0.3) is 22.3 Å². The van der Waals surface area contributed by atoms with Gasteiger partial charge in [-0.25, -0.2) is 8.78 Å². The van der Waals surface area contributed by atoms with Crippen LogP contribution in [0.15, 0.2) is 54.6 Å². The zero-order valence-corrected chi connectivity index (χ0v) is 25.1. The van der Waals surface area contributed by atoms with Crippen molar-refractivity contribution in [2.75, 3.05) is 19.8 Å². The van der Waals surface area contributed by atoms with E-state index >= 15 is 4.39 Å². The van der Waals surface area contributed by atoms with Crippen LogP contribution in [0.1, 0.15) is 96.0 Å². The molecule has 0 radical (unpaired) electrons. The lowest BCUT2D eigenvalue weighted by atomic mass is 9.95. The fourth-order valence-electron chi connectivity index (χ4n) is 5.42. The monoisotopic (exact) mass is 582 g/mol. The molecule has 0 N–H and O–H groups in total. The van der Waals surface area contributed by atoms with E-state index in [1.165, 1.54) is 44.2 Å². The highest BCUT2D eigenvalue weighted by atomic mass is 19.2. The normalized spacial score (nSPS) is 17.0. The second-order valence-corrected chi connectivity index (χ2v) is 11.3. The van der Waals surface area contributed by atoms with Crippen LogP contribution < -0.4 is 4.74 Å². The van der Waals surface area contributed by atoms with Crippen LogP contribution in [-0.4, -0.2) is 26.1 Å². The van der Waals surface area contributed by atoms with E-state index in [0.717, 1.165) is 44.1 Å². The number of halogens is 3. The summed E-state index contributed by atoms with van der Waals surface area (Å²) in [6.07, 6.45) is 12.0. The Morgan fingerprint density at radius 2 is 1.26 bits per heavy atom. The summed E-state index contributed by atoms with van der Waals surface area (Å²) in [7, 11) is 0. The van der Waals surface area contributed by atoms with Crippen LogP contribution in [0.3, 0.4) is 0 Å². The van der Waals surface area contributed by atoms with Gasteiger partial charge >= 0.3 is 0 Å². The molecule has 0 saturated carbocycles. The summed E-state index contributed by atoms with van der Waals surface area (Å²) < 4.78 is 62.2. The van der Waals surface area contributed by atoms with Crippen molar-refractivity contribution in [1.29, 1.82) is 0 Å². The van der Waals surface area contributed by atoms with Crippen molar-refractivity contribution in [1.82, 2.24) is 0 Å². The highest BCUT2D eigenvalue weighted by Crippen LogP contribution is 2.33. The molecule has 1 saturated heterocycles. The molecule has 0 atom stereocenters. The van der Waals surface area contributed by atoms with Crippen LogP contribution in [-0.2, 0) is 9.47 Å². The van der Waals surface area contributed by atoms with Crippen molar-refractivity contribution in [3.8, 4) is 28.0 Å². The molecule has 0 aliphatic carbocycles. The van der Waals surface area contributed by atoms with Gasteiger partial charge < -0.3 is 14.2 Å². The molecule has 3 aromatic carbocycles. The molecule has 1 fully saturated rings. The first-order chi connectivity index (χ1) is 20.5. The van der Waals surface area contributed by atoms with Gasteiger partial charge in [0.2, 0.25) is 5.82 Å². The van der Waals surface area contributed by atoms with Crippen LogP contribution in [0.4, 0.5) is 13.2 Å². The van der Waals surface area contributed by atoms with Gasteiger partial charge in [-0.3, -0.25) is 0 Å². The largest absolute Gasteiger partial charge is 0.490 e. The Hall–Kier alpha value is -2.83. The van der Waals surface area contributed by atoms with Crippen molar-refractivity contribution in [3.05, 3.63) is 77.6 Å². The molecule has 3 aromatic rings. The minimum Gasteiger partial charge on any atom is -0.490 e. The van der Waals surface area contributed by atoms with E-state index in [9.17, 15) is 8.78 Å². The van der Waals surface area contributed by atoms with Gasteiger partial charge in [-0.2, -0.15) is 4.39 Å². The fourth-order valence-corrected chi connectivity index (χ4v) is 5.42. The maximum atomic E-state index is 15.2. The van der Waals surface area contributed by atoms with Crippen LogP contribution in [0.5, 0.6) is 5.75 Å². The molecule has 0 amide bonds. The molecule has 0 spiro atoms. The Labute approximate surface area is 249 Å². The molecule has 42 heavy (non-hydrogen) atoms. The maximum absolute atomic E-state index is 15.2. The van der Waals surface area contributed by atoms with E-state index in [1.54, 1.807) is 36.4 Å². The lowest BCUT2D eigenvalue weighted by Gasteiger charge is -2.30. The average molecular weight is 583 g/mol. The molecule has 6 heteroatoms. The van der Waals surface area contributed by atoms with Crippen molar-refractivity contribution >= 4 is 0 Å². The number of benzene rings is 3. The molecule has 3 nitrogen and oxygen atoms in total. The quantitative estimate of drug-likeness (QED) is 0.157. The van der Waals surface area contributed by atoms with Crippen molar-refractivity contribution in [3.63, 3.8) is 0 Å². The van der Waals surface area contributed by atoms with Crippen molar-refractivity contribution in [2.45, 2.75) is 96.7 Å². The van der Waals surface area contributed by atoms with Gasteiger partial charge in [-0.15, -0.1) is 0 Å². The van der Waals surface area contributed by atoms with E-state index in [1.807, 2.05) is 6.07 Å². The first-order valence-corrected chi connectivity index (χ1v) is 15.8. The van der Waals surface area contributed by atoms with Gasteiger partial charge in [0.15, 0.2) is 17.9 Å². The number of rotatable bonds is 16. The Kier molecular flexibility index (Phi) is 12.8. The van der Waals surface area contributed by atoms with Gasteiger partial charge in [0, 0.05) is 17.0 Å². The third kappa shape index (κ3) is 8.84. The van der Waals surface area contributed by atoms with Gasteiger partial charge in [-0.1, -0.05) is 102 Å². The molecule has 0 unspecified atom stereocenters. The first-order valence-electron chi connectivity index (χ1n) is 15.8. The lowest BCUT2D eigenvalue weighted by Crippen LogP contribution is -2.30. The summed E-state index contributed by atoms with van der Waals surface area (Å²) in [5.41, 5.74) is 2.60. The van der Waals surface area contributed by atoms with E-state index in [2.05, 4.69) is 13.8 Å². The Bertz CT molecular complexity index is 1240. The summed E-state index contributed by atoms with van der Waals surface area (Å²) in [5, 5.41) is 0. The Morgan fingerprint density at radius 3 is 1.90 bits per heavy atom. The number of hydrogen-bond donors (Lipinski definition) is 0. The lowest BCUT2D eigenvalue weighted by molar-refractivity contribution is -0.190. The van der Waals surface area contributed by atoms with Gasteiger partial charge in [0.25, 0.3) is 0 Å². The first kappa shape index (κ1) is 32.1. The minimum absolute atomic E-state index is 0.0156. The summed E-state index contributed by atoms with van der Waals surface area (Å²) in [6.45, 7) is 5.74. The van der Waals surface area contributed by atoms with Crippen molar-refractivity contribution < 1.29 is 27.4 Å². The SMILES string of the molecule is CCCCCCCOc1ccc(-c2ccc(-c3ccc(C4COC(CCCCCCC)OC4)cc3F)cc2)c(F)c1F. The number of ether oxygens (including phenoxy) is 3. The second-order valence-electron chi connectivity index (χ2n) is 11.3. The summed E-state index contributed by atoms with van der Waals surface area (Å²) in [6, 6.07) is 15.0. The summed E-state index contributed by atoms with van der Waals surface area (Å²) in [5.74, 6) is -2.36. The predicted molar refractivity (Wildman–Crippen MR) is 163 cm³/mol. The van der Waals surface area contributed by atoms with Gasteiger partial charge in [0.1, 0.15) is 5.82 Å². The van der Waals surface area contributed by atoms with Gasteiger partial charge in [0.05, 0.1) is 19.8 Å².